The van der Waals surface area contributed by atoms with Crippen molar-refractivity contribution in [2.45, 2.75) is 6.54 Å². The zero-order valence-electron chi connectivity index (χ0n) is 17.2. The fourth-order valence-corrected chi connectivity index (χ4v) is 4.38. The number of ether oxygens (including phenoxy) is 1. The minimum atomic E-state index is -0.530. The number of morpholine rings is 1. The Morgan fingerprint density at radius 1 is 0.970 bits per heavy atom. The second kappa shape index (κ2) is 9.38. The number of anilines is 1. The summed E-state index contributed by atoms with van der Waals surface area (Å²) < 4.78 is 5.37. The summed E-state index contributed by atoms with van der Waals surface area (Å²) >= 11 is 0.751. The molecule has 2 aromatic carbocycles. The molecule has 2 fully saturated rings. The molecule has 2 amide bonds. The number of carbonyl (C=O) groups excluding carboxylic acids is 2. The zero-order valence-corrected chi connectivity index (χ0v) is 18.0. The molecule has 0 aromatic heterocycles. The normalized spacial score (nSPS) is 17.6. The Labute approximate surface area is 191 Å². The number of carbonyl (C=O) groups is 2. The number of thioether (sulfide) groups is 1. The molecule has 4 rings (SSSR count). The van der Waals surface area contributed by atoms with Gasteiger partial charge in [0.2, 0.25) is 0 Å². The molecule has 12 heteroatoms. The molecule has 0 atom stereocenters. The standard InChI is InChI=1S/C21H18N4O7S/c26-20-19(33-21(27)23(20)13-14-1-3-16(4-2-14)24(28)29)12-15-11-17(25(30)31)5-6-18(15)22-7-9-32-10-8-22/h1-6,11-12H,7-10,13H2/b19-12-. The third-order valence-electron chi connectivity index (χ3n) is 5.22. The molecule has 2 aliphatic heterocycles. The molecule has 0 bridgehead atoms. The van der Waals surface area contributed by atoms with Crippen LogP contribution in [0.25, 0.3) is 6.08 Å². The number of benzene rings is 2. The Hall–Kier alpha value is -3.77. The first-order valence-corrected chi connectivity index (χ1v) is 10.7. The van der Waals surface area contributed by atoms with Gasteiger partial charge in [0.1, 0.15) is 0 Å². The van der Waals surface area contributed by atoms with E-state index in [1.165, 1.54) is 42.5 Å². The second-order valence-electron chi connectivity index (χ2n) is 7.29. The van der Waals surface area contributed by atoms with Crippen LogP contribution in [0.5, 0.6) is 0 Å². The number of amides is 2. The minimum absolute atomic E-state index is 0.0364. The van der Waals surface area contributed by atoms with E-state index in [2.05, 4.69) is 0 Å². The smallest absolute Gasteiger partial charge is 0.293 e. The average Bonchev–Trinajstić information content (AvgIpc) is 3.07. The SMILES string of the molecule is O=C1S/C(=C\c2cc([N+](=O)[O-])ccc2N2CCOCC2)C(=O)N1Cc1ccc([N+](=O)[O-])cc1. The van der Waals surface area contributed by atoms with E-state index in [9.17, 15) is 29.8 Å². The third kappa shape index (κ3) is 4.86. The van der Waals surface area contributed by atoms with Gasteiger partial charge < -0.3 is 9.64 Å². The van der Waals surface area contributed by atoms with Gasteiger partial charge in [-0.3, -0.25) is 34.7 Å². The highest BCUT2D eigenvalue weighted by atomic mass is 32.2. The van der Waals surface area contributed by atoms with Crippen molar-refractivity contribution in [1.29, 1.82) is 0 Å². The van der Waals surface area contributed by atoms with Crippen molar-refractivity contribution in [3.8, 4) is 0 Å². The molecule has 0 N–H and O–H groups in total. The molecule has 2 aliphatic rings. The van der Waals surface area contributed by atoms with Crippen LogP contribution in [-0.4, -0.2) is 52.2 Å². The molecule has 11 nitrogen and oxygen atoms in total. The number of non-ortho nitro benzene ring substituents is 2. The predicted octanol–water partition coefficient (Wildman–Crippen LogP) is 3.58. The summed E-state index contributed by atoms with van der Waals surface area (Å²) in [6, 6.07) is 10.0. The van der Waals surface area contributed by atoms with Crippen LogP contribution in [0.2, 0.25) is 0 Å². The van der Waals surface area contributed by atoms with Crippen LogP contribution < -0.4 is 4.90 Å². The van der Waals surface area contributed by atoms with Crippen molar-refractivity contribution in [3.05, 3.63) is 78.7 Å². The van der Waals surface area contributed by atoms with Gasteiger partial charge in [0.05, 0.1) is 34.5 Å². The van der Waals surface area contributed by atoms with Gasteiger partial charge in [-0.2, -0.15) is 0 Å². The Balaban J connectivity index is 1.61. The highest BCUT2D eigenvalue weighted by Gasteiger charge is 2.35. The monoisotopic (exact) mass is 470 g/mol. The van der Waals surface area contributed by atoms with Gasteiger partial charge in [-0.05, 0) is 29.5 Å². The lowest BCUT2D eigenvalue weighted by atomic mass is 10.1. The van der Waals surface area contributed by atoms with Crippen molar-refractivity contribution in [2.75, 3.05) is 31.2 Å². The number of hydrogen-bond acceptors (Lipinski definition) is 9. The molecule has 0 saturated carbocycles. The van der Waals surface area contributed by atoms with Crippen LogP contribution in [0, 0.1) is 20.2 Å². The van der Waals surface area contributed by atoms with Gasteiger partial charge >= 0.3 is 0 Å². The fourth-order valence-electron chi connectivity index (χ4n) is 3.55. The topological polar surface area (TPSA) is 136 Å². The molecule has 2 aromatic rings. The Morgan fingerprint density at radius 2 is 1.61 bits per heavy atom. The molecule has 0 aliphatic carbocycles. The molecule has 0 radical (unpaired) electrons. The number of nitro benzene ring substituents is 2. The molecular weight excluding hydrogens is 452 g/mol. The summed E-state index contributed by atoms with van der Waals surface area (Å²) in [5.74, 6) is -0.525. The summed E-state index contributed by atoms with van der Waals surface area (Å²) in [6.07, 6.45) is 1.50. The molecular formula is C21H18N4O7S. The summed E-state index contributed by atoms with van der Waals surface area (Å²) in [5, 5.41) is 21.6. The molecule has 2 heterocycles. The maximum absolute atomic E-state index is 12.9. The van der Waals surface area contributed by atoms with Crippen molar-refractivity contribution in [2.24, 2.45) is 0 Å². The number of hydrogen-bond donors (Lipinski definition) is 0. The largest absolute Gasteiger partial charge is 0.378 e. The molecule has 0 spiro atoms. The lowest BCUT2D eigenvalue weighted by molar-refractivity contribution is -0.385. The zero-order chi connectivity index (χ0) is 23.5. The highest BCUT2D eigenvalue weighted by Crippen LogP contribution is 2.36. The average molecular weight is 470 g/mol. The van der Waals surface area contributed by atoms with Gasteiger partial charge in [-0.25, -0.2) is 0 Å². The van der Waals surface area contributed by atoms with E-state index < -0.39 is 21.0 Å². The highest BCUT2D eigenvalue weighted by molar-refractivity contribution is 8.18. The van der Waals surface area contributed by atoms with Gasteiger partial charge in [-0.15, -0.1) is 0 Å². The van der Waals surface area contributed by atoms with Gasteiger partial charge in [0.15, 0.2) is 0 Å². The van der Waals surface area contributed by atoms with Gasteiger partial charge in [-0.1, -0.05) is 12.1 Å². The van der Waals surface area contributed by atoms with Gasteiger partial charge in [0, 0.05) is 48.6 Å². The van der Waals surface area contributed by atoms with E-state index in [4.69, 9.17) is 4.74 Å². The van der Waals surface area contributed by atoms with Crippen molar-refractivity contribution in [1.82, 2.24) is 4.90 Å². The van der Waals surface area contributed by atoms with Crippen LogP contribution in [0.4, 0.5) is 21.9 Å². The number of imide groups is 1. The van der Waals surface area contributed by atoms with E-state index in [1.54, 1.807) is 6.07 Å². The van der Waals surface area contributed by atoms with E-state index in [0.717, 1.165) is 16.7 Å². The fraction of sp³-hybridized carbons (Fsp3) is 0.238. The molecule has 0 unspecified atom stereocenters. The Morgan fingerprint density at radius 3 is 2.24 bits per heavy atom. The van der Waals surface area contributed by atoms with Crippen molar-refractivity contribution >= 4 is 46.0 Å². The first-order valence-electron chi connectivity index (χ1n) is 9.93. The summed E-state index contributed by atoms with van der Waals surface area (Å²) in [4.78, 5) is 49.7. The first kappa shape index (κ1) is 22.4. The van der Waals surface area contributed by atoms with Crippen molar-refractivity contribution in [3.63, 3.8) is 0 Å². The van der Waals surface area contributed by atoms with E-state index in [1.807, 2.05) is 4.90 Å². The number of rotatable bonds is 6. The predicted molar refractivity (Wildman–Crippen MR) is 121 cm³/mol. The van der Waals surface area contributed by atoms with Crippen LogP contribution in [0.3, 0.4) is 0 Å². The Bertz CT molecular complexity index is 1160. The summed E-state index contributed by atoms with van der Waals surface area (Å²) in [5.41, 5.74) is 1.53. The van der Waals surface area contributed by atoms with Gasteiger partial charge in [0.25, 0.3) is 22.5 Å². The number of nitro groups is 2. The quantitative estimate of drug-likeness (QED) is 0.352. The van der Waals surface area contributed by atoms with Crippen molar-refractivity contribution < 1.29 is 24.2 Å². The first-order chi connectivity index (χ1) is 15.8. The lowest BCUT2D eigenvalue weighted by Gasteiger charge is -2.30. The lowest BCUT2D eigenvalue weighted by Crippen LogP contribution is -2.36. The molecule has 170 valence electrons. The summed E-state index contributed by atoms with van der Waals surface area (Å²) in [7, 11) is 0. The van der Waals surface area contributed by atoms with E-state index in [0.29, 0.717) is 43.1 Å². The van der Waals surface area contributed by atoms with E-state index in [-0.39, 0.29) is 22.8 Å². The van der Waals surface area contributed by atoms with Crippen LogP contribution in [0.1, 0.15) is 11.1 Å². The maximum atomic E-state index is 12.9. The van der Waals surface area contributed by atoms with Crippen LogP contribution in [-0.2, 0) is 16.1 Å². The summed E-state index contributed by atoms with van der Waals surface area (Å²) in [6.45, 7) is 2.19. The van der Waals surface area contributed by atoms with Crippen LogP contribution >= 0.6 is 11.8 Å². The molecule has 33 heavy (non-hydrogen) atoms. The Kier molecular flexibility index (Phi) is 6.38. The molecule has 2 saturated heterocycles. The number of nitrogens with zero attached hydrogens (tertiary/aromatic N) is 4. The van der Waals surface area contributed by atoms with Crippen LogP contribution in [0.15, 0.2) is 47.4 Å². The van der Waals surface area contributed by atoms with E-state index >= 15 is 0 Å². The second-order valence-corrected chi connectivity index (χ2v) is 8.28. The minimum Gasteiger partial charge on any atom is -0.378 e. The third-order valence-corrected chi connectivity index (χ3v) is 6.13. The maximum Gasteiger partial charge on any atom is 0.293 e.